The third-order valence-electron chi connectivity index (χ3n) is 0.940. The van der Waals surface area contributed by atoms with Gasteiger partial charge in [0.05, 0.1) is 13.2 Å². The van der Waals surface area contributed by atoms with Crippen molar-refractivity contribution >= 4 is 18.3 Å². The molecular formula is C4H9O2PS. The second-order valence-electron chi connectivity index (χ2n) is 1.79. The van der Waals surface area contributed by atoms with Gasteiger partial charge in [0, 0.05) is 6.66 Å². The van der Waals surface area contributed by atoms with E-state index in [1.54, 1.807) is 0 Å². The van der Waals surface area contributed by atoms with Gasteiger partial charge in [0.25, 0.3) is 0 Å². The molecule has 2 nitrogen and oxygen atoms in total. The third kappa shape index (κ3) is 1.82. The van der Waals surface area contributed by atoms with Crippen LogP contribution in [0.5, 0.6) is 0 Å². The minimum Gasteiger partial charge on any atom is -0.329 e. The van der Waals surface area contributed by atoms with E-state index in [-0.39, 0.29) is 0 Å². The molecule has 0 amide bonds. The first-order valence-electron chi connectivity index (χ1n) is 2.57. The number of hydrogen-bond acceptors (Lipinski definition) is 3. The molecule has 1 fully saturated rings. The fourth-order valence-corrected chi connectivity index (χ4v) is 2.00. The zero-order valence-corrected chi connectivity index (χ0v) is 6.50. The fraction of sp³-hybridized carbons (Fsp3) is 1.00. The molecular weight excluding hydrogens is 143 g/mol. The monoisotopic (exact) mass is 152 g/mol. The molecule has 0 atom stereocenters. The predicted molar refractivity (Wildman–Crippen MR) is 36.7 cm³/mol. The molecule has 0 bridgehead atoms. The fourth-order valence-electron chi connectivity index (χ4n) is 0.557. The topological polar surface area (TPSA) is 18.5 Å². The molecule has 1 aliphatic heterocycles. The summed E-state index contributed by atoms with van der Waals surface area (Å²) in [5.41, 5.74) is 0. The van der Waals surface area contributed by atoms with E-state index in [4.69, 9.17) is 20.9 Å². The van der Waals surface area contributed by atoms with E-state index in [1.165, 1.54) is 0 Å². The zero-order chi connectivity index (χ0) is 6.04. The van der Waals surface area contributed by atoms with Gasteiger partial charge in [-0.1, -0.05) is 0 Å². The van der Waals surface area contributed by atoms with Crippen LogP contribution in [0, 0.1) is 0 Å². The maximum absolute atomic E-state index is 5.17. The first kappa shape index (κ1) is 6.69. The smallest absolute Gasteiger partial charge is 0.185 e. The van der Waals surface area contributed by atoms with Crippen LogP contribution in [0.2, 0.25) is 0 Å². The Bertz CT molecular complexity index is 115. The van der Waals surface area contributed by atoms with Crippen LogP contribution < -0.4 is 0 Å². The Morgan fingerprint density at radius 2 is 1.88 bits per heavy atom. The summed E-state index contributed by atoms with van der Waals surface area (Å²) in [6.45, 7) is 1.68. The third-order valence-corrected chi connectivity index (χ3v) is 2.88. The molecule has 1 saturated heterocycles. The van der Waals surface area contributed by atoms with Crippen LogP contribution in [0.1, 0.15) is 6.42 Å². The molecule has 48 valence electrons. The molecule has 0 aromatic carbocycles. The normalized spacial score (nSPS) is 27.6. The molecule has 0 aliphatic carbocycles. The van der Waals surface area contributed by atoms with Gasteiger partial charge in [0.2, 0.25) is 0 Å². The molecule has 0 aromatic rings. The highest BCUT2D eigenvalue weighted by molar-refractivity contribution is 8.09. The summed E-state index contributed by atoms with van der Waals surface area (Å²) in [6.07, 6.45) is 0.992. The molecule has 0 saturated carbocycles. The summed E-state index contributed by atoms with van der Waals surface area (Å²) in [4.78, 5) is 0. The van der Waals surface area contributed by atoms with E-state index in [0.29, 0.717) is 0 Å². The second kappa shape index (κ2) is 2.44. The molecule has 4 heteroatoms. The maximum atomic E-state index is 5.17. The molecule has 0 N–H and O–H groups in total. The average molecular weight is 152 g/mol. The number of hydrogen-bond donors (Lipinski definition) is 0. The van der Waals surface area contributed by atoms with Crippen molar-refractivity contribution in [3.05, 3.63) is 0 Å². The van der Waals surface area contributed by atoms with E-state index in [9.17, 15) is 0 Å². The Morgan fingerprint density at radius 3 is 2.12 bits per heavy atom. The van der Waals surface area contributed by atoms with Gasteiger partial charge in [-0.05, 0) is 18.2 Å². The van der Waals surface area contributed by atoms with Crippen LogP contribution in [0.15, 0.2) is 0 Å². The lowest BCUT2D eigenvalue weighted by Crippen LogP contribution is -2.06. The Balaban J connectivity index is 2.45. The van der Waals surface area contributed by atoms with Gasteiger partial charge in [-0.15, -0.1) is 0 Å². The summed E-state index contributed by atoms with van der Waals surface area (Å²) in [5, 5.41) is 0. The van der Waals surface area contributed by atoms with Crippen molar-refractivity contribution in [1.82, 2.24) is 0 Å². The van der Waals surface area contributed by atoms with Gasteiger partial charge in [0.15, 0.2) is 6.49 Å². The minimum absolute atomic E-state index is 0.785. The van der Waals surface area contributed by atoms with Crippen molar-refractivity contribution in [3.63, 3.8) is 0 Å². The van der Waals surface area contributed by atoms with Crippen LogP contribution >= 0.6 is 6.49 Å². The van der Waals surface area contributed by atoms with Crippen molar-refractivity contribution in [2.24, 2.45) is 0 Å². The number of rotatable bonds is 0. The van der Waals surface area contributed by atoms with Crippen molar-refractivity contribution in [1.29, 1.82) is 0 Å². The van der Waals surface area contributed by atoms with Crippen LogP contribution in [0.3, 0.4) is 0 Å². The maximum Gasteiger partial charge on any atom is 0.185 e. The SMILES string of the molecule is CP1(=S)OCCCO1. The average Bonchev–Trinajstić information content (AvgIpc) is 1.65. The van der Waals surface area contributed by atoms with Crippen LogP contribution in [-0.2, 0) is 20.9 Å². The van der Waals surface area contributed by atoms with Crippen LogP contribution in [0.4, 0.5) is 0 Å². The van der Waals surface area contributed by atoms with E-state index in [2.05, 4.69) is 0 Å². The standard InChI is InChI=1S/C4H9O2PS/c1-7(8)5-3-2-4-6-7/h2-4H2,1H3. The lowest BCUT2D eigenvalue weighted by molar-refractivity contribution is 0.183. The summed E-state index contributed by atoms with van der Waals surface area (Å²) in [5.74, 6) is 0. The second-order valence-corrected chi connectivity index (χ2v) is 5.84. The summed E-state index contributed by atoms with van der Waals surface area (Å²) >= 11 is 4.96. The summed E-state index contributed by atoms with van der Waals surface area (Å²) in [6, 6.07) is 0. The zero-order valence-electron chi connectivity index (χ0n) is 4.79. The van der Waals surface area contributed by atoms with E-state index < -0.39 is 6.49 Å². The van der Waals surface area contributed by atoms with Crippen molar-refractivity contribution in [2.45, 2.75) is 6.42 Å². The van der Waals surface area contributed by atoms with Crippen molar-refractivity contribution < 1.29 is 9.05 Å². The summed E-state index contributed by atoms with van der Waals surface area (Å²) in [7, 11) is 0. The Morgan fingerprint density at radius 1 is 1.38 bits per heavy atom. The molecule has 0 spiro atoms. The Hall–Kier alpha value is 0.570. The summed E-state index contributed by atoms with van der Waals surface area (Å²) < 4.78 is 10.3. The van der Waals surface area contributed by atoms with Gasteiger partial charge in [0.1, 0.15) is 0 Å². The highest BCUT2D eigenvalue weighted by atomic mass is 32.5. The lowest BCUT2D eigenvalue weighted by Gasteiger charge is -2.22. The van der Waals surface area contributed by atoms with Gasteiger partial charge in [-0.2, -0.15) is 0 Å². The van der Waals surface area contributed by atoms with Crippen LogP contribution in [-0.4, -0.2) is 19.9 Å². The van der Waals surface area contributed by atoms with Crippen LogP contribution in [0.25, 0.3) is 0 Å². The first-order chi connectivity index (χ1) is 3.71. The molecule has 0 radical (unpaired) electrons. The highest BCUT2D eigenvalue weighted by Gasteiger charge is 2.14. The Labute approximate surface area is 54.3 Å². The van der Waals surface area contributed by atoms with Gasteiger partial charge < -0.3 is 9.05 Å². The molecule has 0 unspecified atom stereocenters. The lowest BCUT2D eigenvalue weighted by atomic mass is 10.5. The Kier molecular flexibility index (Phi) is 2.04. The van der Waals surface area contributed by atoms with Gasteiger partial charge in [-0.25, -0.2) is 0 Å². The van der Waals surface area contributed by atoms with Gasteiger partial charge >= 0.3 is 0 Å². The quantitative estimate of drug-likeness (QED) is 0.488. The van der Waals surface area contributed by atoms with Crippen molar-refractivity contribution in [2.75, 3.05) is 19.9 Å². The van der Waals surface area contributed by atoms with E-state index in [0.717, 1.165) is 19.6 Å². The molecule has 1 heterocycles. The first-order valence-corrected chi connectivity index (χ1v) is 5.66. The largest absolute Gasteiger partial charge is 0.329 e. The predicted octanol–water partition coefficient (Wildman–Crippen LogP) is 1.36. The van der Waals surface area contributed by atoms with Gasteiger partial charge in [-0.3, -0.25) is 0 Å². The minimum atomic E-state index is -1.75. The molecule has 0 aromatic heterocycles. The molecule has 1 aliphatic rings. The highest BCUT2D eigenvalue weighted by Crippen LogP contribution is 2.46. The molecule has 8 heavy (non-hydrogen) atoms. The van der Waals surface area contributed by atoms with E-state index >= 15 is 0 Å². The van der Waals surface area contributed by atoms with Crippen molar-refractivity contribution in [3.8, 4) is 0 Å². The molecule has 1 rings (SSSR count). The van der Waals surface area contributed by atoms with E-state index in [1.807, 2.05) is 6.66 Å².